The minimum Gasteiger partial charge on any atom is -0.303 e. The molecule has 1 heterocycles. The molecule has 1 aromatic heterocycles. The van der Waals surface area contributed by atoms with Crippen LogP contribution in [-0.2, 0) is 0 Å². The van der Waals surface area contributed by atoms with Crippen molar-refractivity contribution in [2.45, 2.75) is 13.8 Å². The average molecular weight is 245 g/mol. The summed E-state index contributed by atoms with van der Waals surface area (Å²) in [7, 11) is 0. The Morgan fingerprint density at radius 3 is 2.67 bits per heavy atom. The first-order chi connectivity index (χ1) is 8.50. The van der Waals surface area contributed by atoms with Crippen molar-refractivity contribution in [3.8, 4) is 5.69 Å². The molecule has 2 rings (SSSR count). The van der Waals surface area contributed by atoms with Gasteiger partial charge in [0.05, 0.1) is 10.6 Å². The molecule has 0 radical (unpaired) electrons. The number of rotatable bonds is 3. The van der Waals surface area contributed by atoms with E-state index in [1.54, 1.807) is 30.0 Å². The van der Waals surface area contributed by atoms with Gasteiger partial charge >= 0.3 is 0 Å². The maximum absolute atomic E-state index is 11.6. The number of hydrogen-bond donors (Lipinski definition) is 0. The number of nitro benzene ring substituents is 1. The molecule has 0 fully saturated rings. The van der Waals surface area contributed by atoms with Crippen LogP contribution in [0.1, 0.15) is 23.1 Å². The molecule has 0 N–H and O–H groups in total. The summed E-state index contributed by atoms with van der Waals surface area (Å²) >= 11 is 0. The van der Waals surface area contributed by atoms with E-state index in [-0.39, 0.29) is 11.5 Å². The highest BCUT2D eigenvalue weighted by Gasteiger charge is 2.15. The molecule has 18 heavy (non-hydrogen) atoms. The lowest BCUT2D eigenvalue weighted by molar-refractivity contribution is -0.384. The van der Waals surface area contributed by atoms with E-state index in [2.05, 4.69) is 4.98 Å². The van der Waals surface area contributed by atoms with Gasteiger partial charge in [0.15, 0.2) is 5.78 Å². The number of ketones is 1. The average Bonchev–Trinajstić information content (AvgIpc) is 2.74. The SMILES string of the molecule is CC(=O)c1cc([N+](=O)[O-])ccc1-n1ccnc1C. The number of nitrogens with zero attached hydrogens (tertiary/aromatic N) is 3. The van der Waals surface area contributed by atoms with E-state index in [0.29, 0.717) is 17.1 Å². The Morgan fingerprint density at radius 1 is 1.44 bits per heavy atom. The largest absolute Gasteiger partial charge is 0.303 e. The van der Waals surface area contributed by atoms with Crippen LogP contribution < -0.4 is 0 Å². The molecule has 6 heteroatoms. The van der Waals surface area contributed by atoms with E-state index in [9.17, 15) is 14.9 Å². The van der Waals surface area contributed by atoms with Crippen molar-refractivity contribution in [2.75, 3.05) is 0 Å². The lowest BCUT2D eigenvalue weighted by Gasteiger charge is -2.09. The Hall–Kier alpha value is -2.50. The second-order valence-electron chi connectivity index (χ2n) is 3.86. The number of hydrogen-bond acceptors (Lipinski definition) is 4. The van der Waals surface area contributed by atoms with Gasteiger partial charge in [0.1, 0.15) is 5.82 Å². The number of aromatic nitrogens is 2. The number of imidazole rings is 1. The van der Waals surface area contributed by atoms with Gasteiger partial charge < -0.3 is 4.57 Å². The van der Waals surface area contributed by atoms with Crippen molar-refractivity contribution in [2.24, 2.45) is 0 Å². The number of benzene rings is 1. The molecule has 0 unspecified atom stereocenters. The molecule has 0 spiro atoms. The van der Waals surface area contributed by atoms with Gasteiger partial charge in [0, 0.05) is 30.1 Å². The zero-order chi connectivity index (χ0) is 13.3. The summed E-state index contributed by atoms with van der Waals surface area (Å²) < 4.78 is 1.72. The van der Waals surface area contributed by atoms with Crippen LogP contribution in [0.4, 0.5) is 5.69 Å². The van der Waals surface area contributed by atoms with Gasteiger partial charge in [0.25, 0.3) is 5.69 Å². The zero-order valence-corrected chi connectivity index (χ0v) is 9.95. The second kappa shape index (κ2) is 4.40. The number of carbonyl (C=O) groups excluding carboxylic acids is 1. The highest BCUT2D eigenvalue weighted by Crippen LogP contribution is 2.22. The molecule has 0 saturated carbocycles. The molecule has 0 bridgehead atoms. The van der Waals surface area contributed by atoms with E-state index in [1.165, 1.54) is 19.1 Å². The van der Waals surface area contributed by atoms with E-state index in [1.807, 2.05) is 0 Å². The van der Waals surface area contributed by atoms with E-state index in [4.69, 9.17) is 0 Å². The monoisotopic (exact) mass is 245 g/mol. The fraction of sp³-hybridized carbons (Fsp3) is 0.167. The van der Waals surface area contributed by atoms with Gasteiger partial charge in [-0.1, -0.05) is 0 Å². The molecule has 6 nitrogen and oxygen atoms in total. The van der Waals surface area contributed by atoms with Crippen LogP contribution in [0.3, 0.4) is 0 Å². The van der Waals surface area contributed by atoms with Crippen molar-refractivity contribution in [3.63, 3.8) is 0 Å². The Labute approximate surface area is 103 Å². The molecule has 0 saturated heterocycles. The minimum absolute atomic E-state index is 0.0956. The number of aryl methyl sites for hydroxylation is 1. The van der Waals surface area contributed by atoms with Crippen LogP contribution in [0.2, 0.25) is 0 Å². The van der Waals surface area contributed by atoms with Crippen molar-refractivity contribution in [1.29, 1.82) is 0 Å². The predicted octanol–water partition coefficient (Wildman–Crippen LogP) is 2.29. The number of non-ortho nitro benzene ring substituents is 1. The molecular formula is C12H11N3O3. The standard InChI is InChI=1S/C12H11N3O3/c1-8(16)11-7-10(15(17)18)3-4-12(11)14-6-5-13-9(14)2/h3-7H,1-2H3. The molecular weight excluding hydrogens is 234 g/mol. The lowest BCUT2D eigenvalue weighted by atomic mass is 10.1. The highest BCUT2D eigenvalue weighted by atomic mass is 16.6. The highest BCUT2D eigenvalue weighted by molar-refractivity contribution is 5.98. The topological polar surface area (TPSA) is 78.0 Å². The summed E-state index contributed by atoms with van der Waals surface area (Å²) in [6, 6.07) is 4.22. The number of carbonyl (C=O) groups is 1. The summed E-state index contributed by atoms with van der Waals surface area (Å²) in [4.78, 5) is 25.9. The summed E-state index contributed by atoms with van der Waals surface area (Å²) in [5.74, 6) is 0.494. The van der Waals surface area contributed by atoms with Gasteiger partial charge in [-0.3, -0.25) is 14.9 Å². The molecule has 1 aromatic carbocycles. The Morgan fingerprint density at radius 2 is 2.17 bits per heavy atom. The van der Waals surface area contributed by atoms with Gasteiger partial charge in [-0.25, -0.2) is 4.98 Å². The lowest BCUT2D eigenvalue weighted by Crippen LogP contribution is -2.05. The van der Waals surface area contributed by atoms with Crippen LogP contribution in [0.15, 0.2) is 30.6 Å². The zero-order valence-electron chi connectivity index (χ0n) is 9.95. The number of Topliss-reactive ketones (excluding diaryl/α,β-unsaturated/α-hetero) is 1. The van der Waals surface area contributed by atoms with Crippen molar-refractivity contribution < 1.29 is 9.72 Å². The summed E-state index contributed by atoms with van der Waals surface area (Å²) in [5, 5.41) is 10.7. The van der Waals surface area contributed by atoms with Gasteiger partial charge in [-0.15, -0.1) is 0 Å². The quantitative estimate of drug-likeness (QED) is 0.472. The van der Waals surface area contributed by atoms with Crippen molar-refractivity contribution >= 4 is 11.5 Å². The van der Waals surface area contributed by atoms with E-state index in [0.717, 1.165) is 0 Å². The molecule has 2 aromatic rings. The molecule has 0 amide bonds. The maximum atomic E-state index is 11.6. The summed E-state index contributed by atoms with van der Waals surface area (Å²) in [6.07, 6.45) is 3.32. The normalized spacial score (nSPS) is 10.3. The molecule has 92 valence electrons. The molecule has 0 atom stereocenters. The van der Waals surface area contributed by atoms with Gasteiger partial charge in [-0.05, 0) is 19.9 Å². The maximum Gasteiger partial charge on any atom is 0.270 e. The van der Waals surface area contributed by atoms with Crippen LogP contribution >= 0.6 is 0 Å². The second-order valence-corrected chi connectivity index (χ2v) is 3.86. The first kappa shape index (κ1) is 12.0. The van der Waals surface area contributed by atoms with Crippen LogP contribution in [0, 0.1) is 17.0 Å². The van der Waals surface area contributed by atoms with Crippen LogP contribution in [0.5, 0.6) is 0 Å². The third-order valence-corrected chi connectivity index (χ3v) is 2.66. The fourth-order valence-corrected chi connectivity index (χ4v) is 1.76. The minimum atomic E-state index is -0.517. The summed E-state index contributed by atoms with van der Waals surface area (Å²) in [5.41, 5.74) is 0.815. The fourth-order valence-electron chi connectivity index (χ4n) is 1.76. The molecule has 0 aliphatic heterocycles. The van der Waals surface area contributed by atoms with Gasteiger partial charge in [-0.2, -0.15) is 0 Å². The van der Waals surface area contributed by atoms with E-state index < -0.39 is 4.92 Å². The molecule has 0 aliphatic rings. The molecule has 0 aliphatic carbocycles. The first-order valence-corrected chi connectivity index (χ1v) is 5.30. The Balaban J connectivity index is 2.65. The van der Waals surface area contributed by atoms with E-state index >= 15 is 0 Å². The first-order valence-electron chi connectivity index (χ1n) is 5.30. The van der Waals surface area contributed by atoms with Gasteiger partial charge in [0.2, 0.25) is 0 Å². The smallest absolute Gasteiger partial charge is 0.270 e. The van der Waals surface area contributed by atoms with Crippen LogP contribution in [-0.4, -0.2) is 20.3 Å². The van der Waals surface area contributed by atoms with Crippen LogP contribution in [0.25, 0.3) is 5.69 Å². The Bertz CT molecular complexity index is 631. The van der Waals surface area contributed by atoms with Crippen molar-refractivity contribution in [3.05, 3.63) is 52.1 Å². The Kier molecular flexibility index (Phi) is 2.93. The third kappa shape index (κ3) is 2.00. The third-order valence-electron chi connectivity index (χ3n) is 2.66. The van der Waals surface area contributed by atoms with Crippen molar-refractivity contribution in [1.82, 2.24) is 9.55 Å². The number of nitro groups is 1. The predicted molar refractivity (Wildman–Crippen MR) is 65.0 cm³/mol. The summed E-state index contributed by atoms with van der Waals surface area (Å²) in [6.45, 7) is 3.18.